The predicted octanol–water partition coefficient (Wildman–Crippen LogP) is 0.997. The van der Waals surface area contributed by atoms with Crippen LogP contribution in [-0.4, -0.2) is 95.0 Å². The second-order valence-electron chi connectivity index (χ2n) is 7.25. The van der Waals surface area contributed by atoms with E-state index in [1.54, 1.807) is 18.7 Å². The monoisotopic (exact) mass is 466 g/mol. The van der Waals surface area contributed by atoms with Crippen LogP contribution in [-0.2, 0) is 28.5 Å². The van der Waals surface area contributed by atoms with Crippen molar-refractivity contribution < 1.29 is 28.5 Å². The Morgan fingerprint density at radius 1 is 0.636 bits per heavy atom. The van der Waals surface area contributed by atoms with Crippen LogP contribution in [0.15, 0.2) is 24.3 Å². The van der Waals surface area contributed by atoms with Crippen LogP contribution in [0.4, 0.5) is 17.8 Å². The Kier molecular flexibility index (Phi) is 12.1. The van der Waals surface area contributed by atoms with E-state index < -0.39 is 0 Å². The van der Waals surface area contributed by atoms with Crippen LogP contribution >= 0.6 is 0 Å². The topological polar surface area (TPSA) is 119 Å². The number of aromatic nitrogens is 3. The number of methoxy groups -OCH3 is 4. The molecular weight excluding hydrogens is 432 g/mol. The van der Waals surface area contributed by atoms with Crippen LogP contribution in [0.2, 0.25) is 0 Å². The summed E-state index contributed by atoms with van der Waals surface area (Å²) in [6.07, 6.45) is 0. The van der Waals surface area contributed by atoms with Crippen molar-refractivity contribution in [3.05, 3.63) is 24.3 Å². The van der Waals surface area contributed by atoms with Gasteiger partial charge in [-0.3, -0.25) is 14.5 Å². The average Bonchev–Trinajstić information content (AvgIpc) is 2.77. The third kappa shape index (κ3) is 8.85. The Balaban J connectivity index is 3.59. The molecule has 1 heterocycles. The van der Waals surface area contributed by atoms with Gasteiger partial charge in [-0.15, -0.1) is 0 Å². The number of carbonyl (C=O) groups excluding carboxylic acids is 2. The second-order valence-corrected chi connectivity index (χ2v) is 7.25. The summed E-state index contributed by atoms with van der Waals surface area (Å²) in [7, 11) is 6.03. The van der Waals surface area contributed by atoms with Crippen molar-refractivity contribution >= 4 is 29.4 Å². The number of ketones is 2. The summed E-state index contributed by atoms with van der Waals surface area (Å²) >= 11 is 0. The quantitative estimate of drug-likeness (QED) is 0.241. The summed E-state index contributed by atoms with van der Waals surface area (Å²) in [6.45, 7) is 10.8. The summed E-state index contributed by atoms with van der Waals surface area (Å²) in [5.74, 6) is 0.131. The molecule has 0 fully saturated rings. The van der Waals surface area contributed by atoms with Crippen LogP contribution < -0.4 is 14.7 Å². The number of hydrogen-bond acceptors (Lipinski definition) is 12. The van der Waals surface area contributed by atoms with Crippen molar-refractivity contribution in [1.82, 2.24) is 15.0 Å². The molecule has 0 aliphatic rings. The van der Waals surface area contributed by atoms with Gasteiger partial charge >= 0.3 is 0 Å². The fourth-order valence-electron chi connectivity index (χ4n) is 2.51. The lowest BCUT2D eigenvalue weighted by Gasteiger charge is -2.27. The van der Waals surface area contributed by atoms with Gasteiger partial charge in [-0.25, -0.2) is 0 Å². The highest BCUT2D eigenvalue weighted by atomic mass is 16.5. The SMILES string of the molecule is C=C(C)C(=O)CN(COC)c1nc(N(COC)COC)nc(N(COC)CC(=O)C(=C)C)n1. The standard InChI is InChI=1S/C21H34N6O6/c1-15(2)17(28)9-25(11-30-5)19-22-20(26(12-31-6)10-18(29)16(3)4)24-21(23-19)27(13-32-7)14-33-8/h1,3,9-14H2,2,4-8H3. The summed E-state index contributed by atoms with van der Waals surface area (Å²) < 4.78 is 21.0. The fraction of sp³-hybridized carbons (Fsp3) is 0.571. The van der Waals surface area contributed by atoms with E-state index in [1.807, 2.05) is 0 Å². The molecule has 0 saturated heterocycles. The highest BCUT2D eigenvalue weighted by Crippen LogP contribution is 2.20. The molecule has 0 atom stereocenters. The fourth-order valence-corrected chi connectivity index (χ4v) is 2.51. The summed E-state index contributed by atoms with van der Waals surface area (Å²) in [5, 5.41) is 0. The molecule has 0 amide bonds. The molecule has 12 heteroatoms. The molecule has 0 aliphatic heterocycles. The second kappa shape index (κ2) is 14.3. The van der Waals surface area contributed by atoms with E-state index in [9.17, 15) is 9.59 Å². The maximum atomic E-state index is 12.4. The molecular formula is C21H34N6O6. The third-order valence-corrected chi connectivity index (χ3v) is 4.21. The van der Waals surface area contributed by atoms with Crippen molar-refractivity contribution in [2.75, 3.05) is 83.2 Å². The Morgan fingerprint density at radius 3 is 1.18 bits per heavy atom. The summed E-state index contributed by atoms with van der Waals surface area (Å²) in [5.41, 5.74) is 0.776. The Labute approximate surface area is 194 Å². The number of carbonyl (C=O) groups is 2. The van der Waals surface area contributed by atoms with Crippen molar-refractivity contribution in [3.63, 3.8) is 0 Å². The summed E-state index contributed by atoms with van der Waals surface area (Å²) in [6, 6.07) is 0. The van der Waals surface area contributed by atoms with Crippen LogP contribution in [0.5, 0.6) is 0 Å². The smallest absolute Gasteiger partial charge is 0.235 e. The van der Waals surface area contributed by atoms with E-state index >= 15 is 0 Å². The molecule has 0 aromatic carbocycles. The number of hydrogen-bond donors (Lipinski definition) is 0. The molecule has 0 unspecified atom stereocenters. The molecule has 1 aromatic heterocycles. The van der Waals surface area contributed by atoms with Gasteiger partial charge in [0.2, 0.25) is 17.8 Å². The molecule has 0 aliphatic carbocycles. The number of ether oxygens (including phenoxy) is 4. The first-order valence-electron chi connectivity index (χ1n) is 10.0. The largest absolute Gasteiger partial charge is 0.364 e. The van der Waals surface area contributed by atoms with E-state index in [4.69, 9.17) is 18.9 Å². The lowest BCUT2D eigenvalue weighted by molar-refractivity contribution is -0.115. The molecule has 0 radical (unpaired) electrons. The van der Waals surface area contributed by atoms with Gasteiger partial charge in [0, 0.05) is 28.4 Å². The third-order valence-electron chi connectivity index (χ3n) is 4.21. The van der Waals surface area contributed by atoms with Crippen molar-refractivity contribution in [2.24, 2.45) is 0 Å². The van der Waals surface area contributed by atoms with Gasteiger partial charge in [0.15, 0.2) is 11.6 Å². The molecule has 1 aromatic rings. The first kappa shape index (κ1) is 28.1. The van der Waals surface area contributed by atoms with E-state index in [1.165, 1.54) is 38.2 Å². The highest BCUT2D eigenvalue weighted by Gasteiger charge is 2.23. The van der Waals surface area contributed by atoms with Gasteiger partial charge in [-0.1, -0.05) is 13.2 Å². The maximum Gasteiger partial charge on any atom is 0.235 e. The van der Waals surface area contributed by atoms with E-state index in [0.717, 1.165) is 0 Å². The molecule has 33 heavy (non-hydrogen) atoms. The van der Waals surface area contributed by atoms with E-state index in [-0.39, 0.29) is 69.4 Å². The number of anilines is 3. The lowest BCUT2D eigenvalue weighted by Crippen LogP contribution is -2.38. The first-order chi connectivity index (χ1) is 15.7. The Hall–Kier alpha value is -2.93. The zero-order chi connectivity index (χ0) is 25.0. The van der Waals surface area contributed by atoms with Gasteiger partial charge in [0.1, 0.15) is 26.9 Å². The zero-order valence-corrected chi connectivity index (χ0v) is 20.3. The summed E-state index contributed by atoms with van der Waals surface area (Å²) in [4.78, 5) is 42.9. The number of nitrogens with zero attached hydrogens (tertiary/aromatic N) is 6. The minimum absolute atomic E-state index is 0.0332. The number of rotatable bonds is 17. The average molecular weight is 467 g/mol. The van der Waals surface area contributed by atoms with Crippen LogP contribution in [0, 0.1) is 0 Å². The van der Waals surface area contributed by atoms with Crippen LogP contribution in [0.25, 0.3) is 0 Å². The first-order valence-corrected chi connectivity index (χ1v) is 10.0. The molecule has 12 nitrogen and oxygen atoms in total. The lowest BCUT2D eigenvalue weighted by atomic mass is 10.2. The normalized spacial score (nSPS) is 10.6. The molecule has 1 rings (SSSR count). The molecule has 184 valence electrons. The predicted molar refractivity (Wildman–Crippen MR) is 124 cm³/mol. The van der Waals surface area contributed by atoms with Gasteiger partial charge in [-0.2, -0.15) is 15.0 Å². The molecule has 0 N–H and O–H groups in total. The highest BCUT2D eigenvalue weighted by molar-refractivity contribution is 5.98. The van der Waals surface area contributed by atoms with E-state index in [0.29, 0.717) is 11.1 Å². The minimum atomic E-state index is -0.201. The molecule has 0 bridgehead atoms. The van der Waals surface area contributed by atoms with Gasteiger partial charge in [0.05, 0.1) is 13.1 Å². The van der Waals surface area contributed by atoms with Crippen LogP contribution in [0.1, 0.15) is 13.8 Å². The maximum absolute atomic E-state index is 12.4. The van der Waals surface area contributed by atoms with Crippen LogP contribution in [0.3, 0.4) is 0 Å². The van der Waals surface area contributed by atoms with E-state index in [2.05, 4.69) is 28.1 Å². The Morgan fingerprint density at radius 2 is 0.909 bits per heavy atom. The van der Waals surface area contributed by atoms with Gasteiger partial charge in [0.25, 0.3) is 0 Å². The van der Waals surface area contributed by atoms with Gasteiger partial charge < -0.3 is 28.7 Å². The minimum Gasteiger partial charge on any atom is -0.364 e. The van der Waals surface area contributed by atoms with Crippen molar-refractivity contribution in [2.45, 2.75) is 13.8 Å². The Bertz CT molecular complexity index is 771. The number of Topliss-reactive ketones (excluding diaryl/α,β-unsaturated/α-hetero) is 2. The van der Waals surface area contributed by atoms with Gasteiger partial charge in [-0.05, 0) is 25.0 Å². The zero-order valence-electron chi connectivity index (χ0n) is 20.3. The molecule has 0 spiro atoms. The van der Waals surface area contributed by atoms with Crippen molar-refractivity contribution in [1.29, 1.82) is 0 Å². The van der Waals surface area contributed by atoms with Crippen molar-refractivity contribution in [3.8, 4) is 0 Å². The molecule has 0 saturated carbocycles.